The molecule has 0 aliphatic heterocycles. The average Bonchev–Trinajstić information content (AvgIpc) is 2.36. The predicted molar refractivity (Wildman–Crippen MR) is 76.5 cm³/mol. The van der Waals surface area contributed by atoms with E-state index in [2.05, 4.69) is 0 Å². The average molecular weight is 321 g/mol. The molecule has 0 fully saturated rings. The Morgan fingerprint density at radius 3 is 2.57 bits per heavy atom. The van der Waals surface area contributed by atoms with Crippen molar-refractivity contribution in [3.8, 4) is 0 Å². The topological polar surface area (TPSA) is 40.5 Å². The molecular weight excluding hydrogens is 303 g/mol. The first kappa shape index (κ1) is 17.8. The second-order valence-corrected chi connectivity index (χ2v) is 6.00. The van der Waals surface area contributed by atoms with E-state index in [4.69, 9.17) is 5.11 Å². The van der Waals surface area contributed by atoms with E-state index in [0.29, 0.717) is 17.2 Å². The van der Waals surface area contributed by atoms with Crippen molar-refractivity contribution in [2.24, 2.45) is 0 Å². The Hall–Kier alpha value is -1.21. The van der Waals surface area contributed by atoms with E-state index in [1.807, 2.05) is 13.8 Å². The van der Waals surface area contributed by atoms with Crippen molar-refractivity contribution >= 4 is 17.7 Å². The van der Waals surface area contributed by atoms with Gasteiger partial charge in [0.05, 0.1) is 12.1 Å². The number of halogens is 3. The molecule has 3 nitrogen and oxygen atoms in total. The first-order valence-electron chi connectivity index (χ1n) is 6.46. The molecule has 118 valence electrons. The molecule has 7 heteroatoms. The van der Waals surface area contributed by atoms with Crippen LogP contribution in [0.1, 0.15) is 19.4 Å². The standard InChI is InChI=1S/C14H18F3NO2S/c1-10(2)18(9-13(19)20)6-7-21-12-5-3-4-11(8-12)14(15,16)17/h3-5,8,10H,6-7,9H2,1-2H3,(H,19,20). The molecule has 0 heterocycles. The highest BCUT2D eigenvalue weighted by Gasteiger charge is 2.30. The fourth-order valence-corrected chi connectivity index (χ4v) is 2.68. The van der Waals surface area contributed by atoms with E-state index in [1.165, 1.54) is 17.8 Å². The van der Waals surface area contributed by atoms with E-state index in [0.717, 1.165) is 12.1 Å². The minimum Gasteiger partial charge on any atom is -0.480 e. The van der Waals surface area contributed by atoms with Crippen molar-refractivity contribution in [3.63, 3.8) is 0 Å². The molecule has 0 spiro atoms. The summed E-state index contributed by atoms with van der Waals surface area (Å²) in [4.78, 5) is 13.0. The zero-order valence-electron chi connectivity index (χ0n) is 11.9. The molecule has 0 saturated heterocycles. The zero-order valence-corrected chi connectivity index (χ0v) is 12.7. The lowest BCUT2D eigenvalue weighted by atomic mass is 10.2. The smallest absolute Gasteiger partial charge is 0.416 e. The summed E-state index contributed by atoms with van der Waals surface area (Å²) in [5, 5.41) is 8.80. The van der Waals surface area contributed by atoms with E-state index >= 15 is 0 Å². The highest BCUT2D eigenvalue weighted by atomic mass is 32.2. The van der Waals surface area contributed by atoms with Gasteiger partial charge < -0.3 is 5.11 Å². The summed E-state index contributed by atoms with van der Waals surface area (Å²) in [5.41, 5.74) is -0.668. The summed E-state index contributed by atoms with van der Waals surface area (Å²) in [6.07, 6.45) is -4.34. The molecule has 1 aromatic rings. The highest BCUT2D eigenvalue weighted by Crippen LogP contribution is 2.31. The third-order valence-corrected chi connectivity index (χ3v) is 3.85. The first-order chi connectivity index (χ1) is 9.70. The van der Waals surface area contributed by atoms with Crippen molar-refractivity contribution in [2.75, 3.05) is 18.8 Å². The van der Waals surface area contributed by atoms with E-state index in [-0.39, 0.29) is 12.6 Å². The maximum atomic E-state index is 12.6. The number of benzene rings is 1. The number of thioether (sulfide) groups is 1. The Balaban J connectivity index is 2.57. The van der Waals surface area contributed by atoms with Gasteiger partial charge in [0, 0.05) is 23.2 Å². The number of alkyl halides is 3. The van der Waals surface area contributed by atoms with Crippen LogP contribution in [0.4, 0.5) is 13.2 Å². The third kappa shape index (κ3) is 6.39. The van der Waals surface area contributed by atoms with Crippen molar-refractivity contribution in [3.05, 3.63) is 29.8 Å². The van der Waals surface area contributed by atoms with Crippen LogP contribution in [-0.4, -0.2) is 40.9 Å². The van der Waals surface area contributed by atoms with E-state index in [1.54, 1.807) is 11.0 Å². The normalized spacial score (nSPS) is 12.1. The van der Waals surface area contributed by atoms with Gasteiger partial charge in [0.2, 0.25) is 0 Å². The predicted octanol–water partition coefficient (Wildman–Crippen LogP) is 3.59. The molecule has 0 atom stereocenters. The number of carboxylic acid groups (broad SMARTS) is 1. The Bertz CT molecular complexity index is 478. The molecule has 0 radical (unpaired) electrons. The SMILES string of the molecule is CC(C)N(CCSc1cccc(C(F)(F)F)c1)CC(=O)O. The number of nitrogens with zero attached hydrogens (tertiary/aromatic N) is 1. The number of aliphatic carboxylic acids is 1. The summed E-state index contributed by atoms with van der Waals surface area (Å²) >= 11 is 1.29. The molecule has 0 unspecified atom stereocenters. The summed E-state index contributed by atoms with van der Waals surface area (Å²) in [5.74, 6) is -0.375. The van der Waals surface area contributed by atoms with Crippen LogP contribution < -0.4 is 0 Å². The van der Waals surface area contributed by atoms with Crippen molar-refractivity contribution in [2.45, 2.75) is 31.0 Å². The molecule has 0 bridgehead atoms. The summed E-state index contributed by atoms with van der Waals surface area (Å²) in [7, 11) is 0. The maximum Gasteiger partial charge on any atom is 0.416 e. The largest absolute Gasteiger partial charge is 0.480 e. The van der Waals surface area contributed by atoms with Gasteiger partial charge >= 0.3 is 12.1 Å². The molecular formula is C14H18F3NO2S. The summed E-state index contributed by atoms with van der Waals surface area (Å²) in [6, 6.07) is 5.22. The quantitative estimate of drug-likeness (QED) is 0.779. The molecule has 0 aromatic heterocycles. The van der Waals surface area contributed by atoms with E-state index < -0.39 is 17.7 Å². The Morgan fingerprint density at radius 1 is 1.38 bits per heavy atom. The Kier molecular flexibility index (Phi) is 6.54. The van der Waals surface area contributed by atoms with Crippen LogP contribution in [0.25, 0.3) is 0 Å². The van der Waals surface area contributed by atoms with Crippen molar-refractivity contribution in [1.82, 2.24) is 4.90 Å². The van der Waals surface area contributed by atoms with Crippen molar-refractivity contribution < 1.29 is 23.1 Å². The minimum absolute atomic E-state index is 0.0686. The molecule has 0 aliphatic carbocycles. The number of rotatable bonds is 7. The van der Waals surface area contributed by atoms with Crippen LogP contribution in [0.15, 0.2) is 29.2 Å². The molecule has 0 aliphatic rings. The van der Waals surface area contributed by atoms with Gasteiger partial charge in [-0.15, -0.1) is 11.8 Å². The van der Waals surface area contributed by atoms with Gasteiger partial charge in [-0.05, 0) is 32.0 Å². The third-order valence-electron chi connectivity index (χ3n) is 2.88. The number of hydrogen-bond acceptors (Lipinski definition) is 3. The summed E-state index contributed by atoms with van der Waals surface area (Å²) in [6.45, 7) is 4.21. The van der Waals surface area contributed by atoms with Gasteiger partial charge in [-0.2, -0.15) is 13.2 Å². The lowest BCUT2D eigenvalue weighted by Crippen LogP contribution is -2.37. The van der Waals surface area contributed by atoms with Crippen LogP contribution in [0.3, 0.4) is 0 Å². The lowest BCUT2D eigenvalue weighted by molar-refractivity contribution is -0.139. The van der Waals surface area contributed by atoms with Gasteiger partial charge in [-0.1, -0.05) is 6.07 Å². The van der Waals surface area contributed by atoms with Crippen LogP contribution in [-0.2, 0) is 11.0 Å². The van der Waals surface area contributed by atoms with Gasteiger partial charge in [-0.3, -0.25) is 9.69 Å². The van der Waals surface area contributed by atoms with Gasteiger partial charge in [-0.25, -0.2) is 0 Å². The molecule has 0 saturated carbocycles. The zero-order chi connectivity index (χ0) is 16.0. The van der Waals surface area contributed by atoms with Crippen LogP contribution in [0, 0.1) is 0 Å². The minimum atomic E-state index is -4.34. The highest BCUT2D eigenvalue weighted by molar-refractivity contribution is 7.99. The first-order valence-corrected chi connectivity index (χ1v) is 7.44. The Labute approximate surface area is 126 Å². The number of carboxylic acids is 1. The molecule has 1 rings (SSSR count). The van der Waals surface area contributed by atoms with Crippen LogP contribution in [0.5, 0.6) is 0 Å². The lowest BCUT2D eigenvalue weighted by Gasteiger charge is -2.24. The summed E-state index contributed by atoms with van der Waals surface area (Å²) < 4.78 is 37.8. The molecule has 0 amide bonds. The maximum absolute atomic E-state index is 12.6. The van der Waals surface area contributed by atoms with E-state index in [9.17, 15) is 18.0 Å². The fourth-order valence-electron chi connectivity index (χ4n) is 1.74. The number of carbonyl (C=O) groups is 1. The van der Waals surface area contributed by atoms with Crippen molar-refractivity contribution in [1.29, 1.82) is 0 Å². The van der Waals surface area contributed by atoms with Crippen LogP contribution >= 0.6 is 11.8 Å². The molecule has 21 heavy (non-hydrogen) atoms. The number of hydrogen-bond donors (Lipinski definition) is 1. The van der Waals surface area contributed by atoms with Gasteiger partial charge in [0.15, 0.2) is 0 Å². The Morgan fingerprint density at radius 2 is 2.05 bits per heavy atom. The monoisotopic (exact) mass is 321 g/mol. The second-order valence-electron chi connectivity index (χ2n) is 4.83. The van der Waals surface area contributed by atoms with Crippen LogP contribution in [0.2, 0.25) is 0 Å². The second kappa shape index (κ2) is 7.70. The molecule has 1 N–H and O–H groups in total. The molecule has 1 aromatic carbocycles. The van der Waals surface area contributed by atoms with Gasteiger partial charge in [0.1, 0.15) is 0 Å². The fraction of sp³-hybridized carbons (Fsp3) is 0.500. The van der Waals surface area contributed by atoms with Gasteiger partial charge in [0.25, 0.3) is 0 Å².